The largest absolute Gasteiger partial charge is 0.466 e. The fraction of sp³-hybridized carbons (Fsp3) is 0.600. The van der Waals surface area contributed by atoms with Gasteiger partial charge in [0.05, 0.1) is 13.0 Å². The molecule has 0 radical (unpaired) electrons. The average Bonchev–Trinajstić information content (AvgIpc) is 2.71. The summed E-state index contributed by atoms with van der Waals surface area (Å²) in [6.07, 6.45) is -0.689. The van der Waals surface area contributed by atoms with Crippen LogP contribution in [0.25, 0.3) is 0 Å². The van der Waals surface area contributed by atoms with E-state index in [-0.39, 0.29) is 25.5 Å². The zero-order valence-corrected chi connectivity index (χ0v) is 21.6. The van der Waals surface area contributed by atoms with Gasteiger partial charge in [-0.05, 0) is 46.1 Å². The summed E-state index contributed by atoms with van der Waals surface area (Å²) in [5, 5.41) is 5.35. The Morgan fingerprint density at radius 3 is 2.15 bits per heavy atom. The van der Waals surface area contributed by atoms with E-state index >= 15 is 0 Å². The van der Waals surface area contributed by atoms with Crippen molar-refractivity contribution in [3.8, 4) is 0 Å². The number of nitrogens with one attached hydrogen (secondary N) is 2. The minimum absolute atomic E-state index is 0.0205. The molecule has 9 heteroatoms. The van der Waals surface area contributed by atoms with Crippen molar-refractivity contribution in [3.63, 3.8) is 0 Å². The van der Waals surface area contributed by atoms with Crippen molar-refractivity contribution < 1.29 is 28.7 Å². The number of hydrogen-bond acceptors (Lipinski definition) is 6. The summed E-state index contributed by atoms with van der Waals surface area (Å²) in [6, 6.07) is 5.40. The molecule has 190 valence electrons. The normalized spacial score (nSPS) is 13.0. The number of ether oxygens (including phenoxy) is 2. The van der Waals surface area contributed by atoms with E-state index in [1.165, 1.54) is 11.9 Å². The lowest BCUT2D eigenvalue weighted by Gasteiger charge is -2.33. The van der Waals surface area contributed by atoms with E-state index in [1.807, 2.05) is 19.1 Å². The van der Waals surface area contributed by atoms with Gasteiger partial charge in [0.2, 0.25) is 11.8 Å². The highest BCUT2D eigenvalue weighted by molar-refractivity contribution is 5.92. The summed E-state index contributed by atoms with van der Waals surface area (Å²) in [4.78, 5) is 51.9. The molecule has 0 aliphatic rings. The Labute approximate surface area is 202 Å². The number of likely N-dealkylation sites (N-methyl/N-ethyl adjacent to an activating group) is 1. The van der Waals surface area contributed by atoms with Gasteiger partial charge in [-0.25, -0.2) is 4.79 Å². The fourth-order valence-electron chi connectivity index (χ4n) is 3.21. The van der Waals surface area contributed by atoms with E-state index in [1.54, 1.807) is 53.7 Å². The van der Waals surface area contributed by atoms with Gasteiger partial charge in [-0.1, -0.05) is 43.7 Å². The minimum atomic E-state index is -0.961. The van der Waals surface area contributed by atoms with Crippen LogP contribution in [0.3, 0.4) is 0 Å². The van der Waals surface area contributed by atoms with Crippen LogP contribution in [0, 0.1) is 12.8 Å². The molecule has 1 aromatic carbocycles. The van der Waals surface area contributed by atoms with E-state index < -0.39 is 41.6 Å². The molecule has 0 bridgehead atoms. The lowest BCUT2D eigenvalue weighted by molar-refractivity contribution is -0.144. The lowest BCUT2D eigenvalue weighted by Crippen LogP contribution is -2.53. The molecule has 1 aromatic rings. The molecule has 1 rings (SSSR count). The summed E-state index contributed by atoms with van der Waals surface area (Å²) in [7, 11) is 1.52. The van der Waals surface area contributed by atoms with E-state index in [9.17, 15) is 19.2 Å². The van der Waals surface area contributed by atoms with Gasteiger partial charge in [-0.3, -0.25) is 14.4 Å². The van der Waals surface area contributed by atoms with E-state index in [0.717, 1.165) is 5.56 Å². The molecule has 0 saturated carbocycles. The van der Waals surface area contributed by atoms with Crippen LogP contribution in [-0.4, -0.2) is 60.6 Å². The zero-order chi connectivity index (χ0) is 26.1. The molecule has 0 saturated heterocycles. The number of amides is 3. The van der Waals surface area contributed by atoms with Crippen LogP contribution in [0.4, 0.5) is 4.79 Å². The Morgan fingerprint density at radius 1 is 1.06 bits per heavy atom. The molecular weight excluding hydrogens is 438 g/mol. The smallest absolute Gasteiger partial charge is 0.408 e. The van der Waals surface area contributed by atoms with Gasteiger partial charge in [-0.2, -0.15) is 0 Å². The summed E-state index contributed by atoms with van der Waals surface area (Å²) in [6.45, 7) is 12.8. The highest BCUT2D eigenvalue weighted by Crippen LogP contribution is 2.23. The molecule has 2 N–H and O–H groups in total. The number of carbonyl (C=O) groups is 4. The first-order valence-corrected chi connectivity index (χ1v) is 11.5. The minimum Gasteiger partial charge on any atom is -0.466 e. The third-order valence-corrected chi connectivity index (χ3v) is 4.91. The molecule has 0 aromatic heterocycles. The van der Waals surface area contributed by atoms with Crippen molar-refractivity contribution in [2.75, 3.05) is 20.2 Å². The first-order chi connectivity index (χ1) is 15.8. The monoisotopic (exact) mass is 477 g/mol. The van der Waals surface area contributed by atoms with Crippen LogP contribution in [0.1, 0.15) is 65.1 Å². The van der Waals surface area contributed by atoms with Crippen LogP contribution in [0.2, 0.25) is 0 Å². The van der Waals surface area contributed by atoms with Crippen molar-refractivity contribution >= 4 is 23.9 Å². The van der Waals surface area contributed by atoms with Crippen LogP contribution in [0.15, 0.2) is 24.3 Å². The maximum Gasteiger partial charge on any atom is 0.408 e. The van der Waals surface area contributed by atoms with Crippen LogP contribution >= 0.6 is 0 Å². The van der Waals surface area contributed by atoms with Gasteiger partial charge in [-0.15, -0.1) is 0 Å². The predicted octanol–water partition coefficient (Wildman–Crippen LogP) is 3.11. The summed E-state index contributed by atoms with van der Waals surface area (Å²) < 4.78 is 10.2. The summed E-state index contributed by atoms with van der Waals surface area (Å²) in [5.74, 6) is -1.55. The molecule has 0 aliphatic carbocycles. The lowest BCUT2D eigenvalue weighted by atomic mass is 9.99. The standard InChI is InChI=1S/C25H39N3O6/c1-9-33-19(29)14-15-26-22(30)21(18-12-10-17(4)11-13-18)28(8)23(31)20(16(2)3)27-24(32)34-25(5,6)7/h10-13,16,20-21H,9,14-15H2,1-8H3,(H,26,30)(H,27,32). The van der Waals surface area contributed by atoms with Crippen molar-refractivity contribution in [1.29, 1.82) is 0 Å². The molecule has 3 amide bonds. The molecule has 0 spiro atoms. The van der Waals surface area contributed by atoms with Crippen molar-refractivity contribution in [3.05, 3.63) is 35.4 Å². The number of hydrogen-bond donors (Lipinski definition) is 2. The Hall–Kier alpha value is -3.10. The first kappa shape index (κ1) is 28.9. The Balaban J connectivity index is 3.12. The van der Waals surface area contributed by atoms with Gasteiger partial charge < -0.3 is 25.0 Å². The van der Waals surface area contributed by atoms with Crippen LogP contribution < -0.4 is 10.6 Å². The molecule has 0 fully saturated rings. The molecule has 2 unspecified atom stereocenters. The number of rotatable bonds is 10. The van der Waals surface area contributed by atoms with Crippen molar-refractivity contribution in [2.45, 2.75) is 72.6 Å². The third-order valence-electron chi connectivity index (χ3n) is 4.91. The Morgan fingerprint density at radius 2 is 1.65 bits per heavy atom. The topological polar surface area (TPSA) is 114 Å². The fourth-order valence-corrected chi connectivity index (χ4v) is 3.21. The summed E-state index contributed by atoms with van der Waals surface area (Å²) in [5.41, 5.74) is 0.893. The van der Waals surface area contributed by atoms with Crippen molar-refractivity contribution in [1.82, 2.24) is 15.5 Å². The van der Waals surface area contributed by atoms with E-state index in [0.29, 0.717) is 5.56 Å². The van der Waals surface area contributed by atoms with Gasteiger partial charge in [0, 0.05) is 13.6 Å². The number of esters is 1. The number of nitrogens with zero attached hydrogens (tertiary/aromatic N) is 1. The molecule has 34 heavy (non-hydrogen) atoms. The second-order valence-corrected chi connectivity index (χ2v) is 9.48. The van der Waals surface area contributed by atoms with Gasteiger partial charge in [0.15, 0.2) is 0 Å². The number of benzene rings is 1. The van der Waals surface area contributed by atoms with Crippen LogP contribution in [-0.2, 0) is 23.9 Å². The molecular formula is C25H39N3O6. The second-order valence-electron chi connectivity index (χ2n) is 9.48. The Bertz CT molecular complexity index is 845. The first-order valence-electron chi connectivity index (χ1n) is 11.5. The Kier molecular flexibility index (Phi) is 11.0. The highest BCUT2D eigenvalue weighted by atomic mass is 16.6. The third kappa shape index (κ3) is 9.41. The van der Waals surface area contributed by atoms with Gasteiger partial charge in [0.25, 0.3) is 0 Å². The average molecular weight is 478 g/mol. The van der Waals surface area contributed by atoms with E-state index in [2.05, 4.69) is 10.6 Å². The van der Waals surface area contributed by atoms with E-state index in [4.69, 9.17) is 9.47 Å². The molecule has 9 nitrogen and oxygen atoms in total. The van der Waals surface area contributed by atoms with Gasteiger partial charge >= 0.3 is 12.1 Å². The molecule has 0 heterocycles. The SMILES string of the molecule is CCOC(=O)CCNC(=O)C(c1ccc(C)cc1)N(C)C(=O)C(NC(=O)OC(C)(C)C)C(C)C. The van der Waals surface area contributed by atoms with Gasteiger partial charge in [0.1, 0.15) is 17.7 Å². The molecule has 0 aliphatic heterocycles. The summed E-state index contributed by atoms with van der Waals surface area (Å²) >= 11 is 0. The van der Waals surface area contributed by atoms with Crippen molar-refractivity contribution in [2.24, 2.45) is 5.92 Å². The highest BCUT2D eigenvalue weighted by Gasteiger charge is 2.35. The van der Waals surface area contributed by atoms with Crippen LogP contribution in [0.5, 0.6) is 0 Å². The molecule has 2 atom stereocenters. The number of alkyl carbamates (subject to hydrolysis) is 1. The second kappa shape index (κ2) is 13.0. The predicted molar refractivity (Wildman–Crippen MR) is 129 cm³/mol. The number of carbonyl (C=O) groups excluding carboxylic acids is 4. The maximum absolute atomic E-state index is 13.4. The number of aryl methyl sites for hydroxylation is 1. The maximum atomic E-state index is 13.4. The quantitative estimate of drug-likeness (QED) is 0.501. The zero-order valence-electron chi connectivity index (χ0n) is 21.6.